The van der Waals surface area contributed by atoms with Crippen molar-refractivity contribution in [3.63, 3.8) is 0 Å². The first-order valence-electron chi connectivity index (χ1n) is 8.87. The van der Waals surface area contributed by atoms with Crippen molar-refractivity contribution < 1.29 is 14.3 Å². The minimum atomic E-state index is -0.543. The maximum Gasteiger partial charge on any atom is 0.416 e. The van der Waals surface area contributed by atoms with Gasteiger partial charge in [-0.1, -0.05) is 66.7 Å². The summed E-state index contributed by atoms with van der Waals surface area (Å²) in [4.78, 5) is 26.7. The van der Waals surface area contributed by atoms with Crippen LogP contribution < -0.4 is 0 Å². The Kier molecular flexibility index (Phi) is 5.84. The van der Waals surface area contributed by atoms with E-state index in [0.29, 0.717) is 19.3 Å². The maximum absolute atomic E-state index is 13.1. The number of imide groups is 1. The summed E-state index contributed by atoms with van der Waals surface area (Å²) >= 11 is 0. The second-order valence-electron chi connectivity index (χ2n) is 6.54. The van der Waals surface area contributed by atoms with Crippen LogP contribution in [0, 0.1) is 5.92 Å². The number of carbonyl (C=O) groups is 2. The standard InChI is InChI=1S/C22H23NO3/c1-2-9-19(14-17-10-5-3-6-11-17)21(24)23-20(16-26-22(23)25)15-18-12-7-4-8-13-18/h2-8,10-13,19-20H,1,9,14-16H2/t19-,20+/m0/s1. The minimum absolute atomic E-state index is 0.183. The van der Waals surface area contributed by atoms with Crippen molar-refractivity contribution in [3.05, 3.63) is 84.4 Å². The lowest BCUT2D eigenvalue weighted by atomic mass is 9.94. The fourth-order valence-electron chi connectivity index (χ4n) is 3.33. The summed E-state index contributed by atoms with van der Waals surface area (Å²) in [6, 6.07) is 19.4. The molecule has 4 nitrogen and oxygen atoms in total. The molecule has 2 aromatic rings. The van der Waals surface area contributed by atoms with Crippen molar-refractivity contribution >= 4 is 12.0 Å². The molecule has 1 aliphatic heterocycles. The number of ether oxygens (including phenoxy) is 1. The van der Waals surface area contributed by atoms with Gasteiger partial charge in [0.05, 0.1) is 6.04 Å². The van der Waals surface area contributed by atoms with E-state index >= 15 is 0 Å². The van der Waals surface area contributed by atoms with E-state index in [1.54, 1.807) is 6.08 Å². The summed E-state index contributed by atoms with van der Waals surface area (Å²) in [5.41, 5.74) is 2.15. The average Bonchev–Trinajstić information content (AvgIpc) is 3.02. The van der Waals surface area contributed by atoms with Crippen molar-refractivity contribution in [1.82, 2.24) is 4.90 Å². The molecule has 0 aromatic heterocycles. The van der Waals surface area contributed by atoms with Crippen LogP contribution in [0.2, 0.25) is 0 Å². The van der Waals surface area contributed by atoms with E-state index < -0.39 is 6.09 Å². The van der Waals surface area contributed by atoms with Gasteiger partial charge >= 0.3 is 6.09 Å². The second kappa shape index (κ2) is 8.48. The van der Waals surface area contributed by atoms with Gasteiger partial charge in [-0.15, -0.1) is 6.58 Å². The maximum atomic E-state index is 13.1. The van der Waals surface area contributed by atoms with E-state index in [1.165, 1.54) is 4.90 Å². The molecule has 0 bridgehead atoms. The lowest BCUT2D eigenvalue weighted by Gasteiger charge is -2.24. The second-order valence-corrected chi connectivity index (χ2v) is 6.54. The third-order valence-corrected chi connectivity index (χ3v) is 4.64. The molecule has 0 N–H and O–H groups in total. The van der Waals surface area contributed by atoms with Gasteiger partial charge in [0, 0.05) is 5.92 Å². The summed E-state index contributed by atoms with van der Waals surface area (Å²) in [6.45, 7) is 4.01. The van der Waals surface area contributed by atoms with Crippen LogP contribution in [0.1, 0.15) is 17.5 Å². The van der Waals surface area contributed by atoms with E-state index in [9.17, 15) is 9.59 Å². The molecule has 1 aliphatic rings. The molecular weight excluding hydrogens is 326 g/mol. The van der Waals surface area contributed by atoms with Crippen molar-refractivity contribution in [2.45, 2.75) is 25.3 Å². The zero-order chi connectivity index (χ0) is 18.4. The Bertz CT molecular complexity index is 757. The quantitative estimate of drug-likeness (QED) is 0.710. The molecule has 26 heavy (non-hydrogen) atoms. The van der Waals surface area contributed by atoms with E-state index in [1.807, 2.05) is 60.7 Å². The molecule has 0 unspecified atom stereocenters. The largest absolute Gasteiger partial charge is 0.447 e. The molecule has 4 heteroatoms. The Morgan fingerprint density at radius 1 is 1.12 bits per heavy atom. The van der Waals surface area contributed by atoms with Crippen molar-refractivity contribution in [1.29, 1.82) is 0 Å². The van der Waals surface area contributed by atoms with Gasteiger partial charge in [0.25, 0.3) is 0 Å². The number of carbonyl (C=O) groups excluding carboxylic acids is 2. The van der Waals surface area contributed by atoms with Gasteiger partial charge in [0.1, 0.15) is 6.61 Å². The first-order chi connectivity index (χ1) is 12.7. The predicted molar refractivity (Wildman–Crippen MR) is 101 cm³/mol. The van der Waals surface area contributed by atoms with Crippen LogP contribution in [-0.4, -0.2) is 29.5 Å². The smallest absolute Gasteiger partial charge is 0.416 e. The van der Waals surface area contributed by atoms with Gasteiger partial charge < -0.3 is 4.74 Å². The van der Waals surface area contributed by atoms with Crippen LogP contribution in [0.25, 0.3) is 0 Å². The van der Waals surface area contributed by atoms with Crippen LogP contribution in [0.5, 0.6) is 0 Å². The molecule has 0 spiro atoms. The minimum Gasteiger partial charge on any atom is -0.447 e. The molecule has 1 fully saturated rings. The first-order valence-corrected chi connectivity index (χ1v) is 8.87. The van der Waals surface area contributed by atoms with Crippen molar-refractivity contribution in [3.8, 4) is 0 Å². The van der Waals surface area contributed by atoms with Gasteiger partial charge in [-0.25, -0.2) is 9.69 Å². The zero-order valence-electron chi connectivity index (χ0n) is 14.7. The number of hydrogen-bond donors (Lipinski definition) is 0. The highest BCUT2D eigenvalue weighted by molar-refractivity contribution is 5.95. The Labute approximate surface area is 154 Å². The van der Waals surface area contributed by atoms with Gasteiger partial charge in [-0.3, -0.25) is 4.79 Å². The highest BCUT2D eigenvalue weighted by atomic mass is 16.6. The third-order valence-electron chi connectivity index (χ3n) is 4.64. The van der Waals surface area contributed by atoms with Crippen LogP contribution >= 0.6 is 0 Å². The van der Waals surface area contributed by atoms with Gasteiger partial charge in [0.15, 0.2) is 0 Å². The van der Waals surface area contributed by atoms with E-state index in [-0.39, 0.29) is 24.5 Å². The number of allylic oxidation sites excluding steroid dienone is 1. The van der Waals surface area contributed by atoms with Crippen molar-refractivity contribution in [2.24, 2.45) is 5.92 Å². The highest BCUT2D eigenvalue weighted by Crippen LogP contribution is 2.23. The molecular formula is C22H23NO3. The molecule has 2 aromatic carbocycles. The normalized spacial score (nSPS) is 17.6. The molecule has 134 valence electrons. The number of hydrogen-bond acceptors (Lipinski definition) is 3. The molecule has 1 heterocycles. The Morgan fingerprint density at radius 3 is 2.35 bits per heavy atom. The highest BCUT2D eigenvalue weighted by Gasteiger charge is 2.40. The Balaban J connectivity index is 1.77. The van der Waals surface area contributed by atoms with Crippen LogP contribution in [0.4, 0.5) is 4.79 Å². The molecule has 1 saturated heterocycles. The number of benzene rings is 2. The topological polar surface area (TPSA) is 46.6 Å². The summed E-state index contributed by atoms with van der Waals surface area (Å²) < 4.78 is 5.19. The van der Waals surface area contributed by atoms with Gasteiger partial charge in [-0.05, 0) is 30.4 Å². The monoisotopic (exact) mass is 349 g/mol. The number of nitrogens with zero attached hydrogens (tertiary/aromatic N) is 1. The third kappa shape index (κ3) is 4.20. The van der Waals surface area contributed by atoms with Gasteiger partial charge in [0.2, 0.25) is 5.91 Å². The molecule has 2 amide bonds. The average molecular weight is 349 g/mol. The van der Waals surface area contributed by atoms with Gasteiger partial charge in [-0.2, -0.15) is 0 Å². The number of cyclic esters (lactones) is 1. The Hall–Kier alpha value is -2.88. The molecule has 3 rings (SSSR count). The lowest BCUT2D eigenvalue weighted by Crippen LogP contribution is -2.44. The SMILES string of the molecule is C=CC[C@@H](Cc1ccccc1)C(=O)N1C(=O)OC[C@H]1Cc1ccccc1. The van der Waals surface area contributed by atoms with Crippen molar-refractivity contribution in [2.75, 3.05) is 6.61 Å². The fourth-order valence-corrected chi connectivity index (χ4v) is 3.33. The number of rotatable bonds is 7. The number of amides is 2. The van der Waals surface area contributed by atoms with Crippen LogP contribution in [0.15, 0.2) is 73.3 Å². The van der Waals surface area contributed by atoms with E-state index in [2.05, 4.69) is 6.58 Å². The molecule has 0 saturated carbocycles. The van der Waals surface area contributed by atoms with Crippen LogP contribution in [-0.2, 0) is 22.4 Å². The Morgan fingerprint density at radius 2 is 1.73 bits per heavy atom. The molecule has 0 radical (unpaired) electrons. The predicted octanol–water partition coefficient (Wildman–Crippen LogP) is 4.01. The molecule has 2 atom stereocenters. The fraction of sp³-hybridized carbons (Fsp3) is 0.273. The summed E-state index contributed by atoms with van der Waals surface area (Å²) in [6.07, 6.45) is 2.89. The lowest BCUT2D eigenvalue weighted by molar-refractivity contribution is -0.133. The summed E-state index contributed by atoms with van der Waals surface area (Å²) in [5, 5.41) is 0. The summed E-state index contributed by atoms with van der Waals surface area (Å²) in [5.74, 6) is -0.504. The summed E-state index contributed by atoms with van der Waals surface area (Å²) in [7, 11) is 0. The van der Waals surface area contributed by atoms with Crippen LogP contribution in [0.3, 0.4) is 0 Å². The van der Waals surface area contributed by atoms with E-state index in [0.717, 1.165) is 11.1 Å². The first kappa shape index (κ1) is 17.9. The molecule has 0 aliphatic carbocycles. The zero-order valence-corrected chi connectivity index (χ0v) is 14.7. The van der Waals surface area contributed by atoms with E-state index in [4.69, 9.17) is 4.74 Å².